The van der Waals surface area contributed by atoms with Gasteiger partial charge in [0, 0.05) is 30.9 Å². The van der Waals surface area contributed by atoms with E-state index in [0.717, 1.165) is 18.7 Å². The number of anilines is 1. The molecular formula is C16H25FN2. The molecule has 2 nitrogen and oxygen atoms in total. The fraction of sp³-hybridized carbons (Fsp3) is 0.625. The summed E-state index contributed by atoms with van der Waals surface area (Å²) in [7, 11) is 0. The SMILES string of the molecule is CC(C)NCc1cc(F)ccc1N1CCCCC1C. The lowest BCUT2D eigenvalue weighted by atomic mass is 10.0. The zero-order valence-corrected chi connectivity index (χ0v) is 12.2. The lowest BCUT2D eigenvalue weighted by Crippen LogP contribution is -2.38. The molecule has 0 amide bonds. The van der Waals surface area contributed by atoms with Crippen LogP contribution < -0.4 is 10.2 Å². The highest BCUT2D eigenvalue weighted by atomic mass is 19.1. The predicted octanol–water partition coefficient (Wildman–Crippen LogP) is 3.70. The van der Waals surface area contributed by atoms with Crippen LogP contribution in [0.25, 0.3) is 0 Å². The largest absolute Gasteiger partial charge is 0.369 e. The molecule has 2 rings (SSSR count). The van der Waals surface area contributed by atoms with E-state index in [9.17, 15) is 4.39 Å². The summed E-state index contributed by atoms with van der Waals surface area (Å²) in [5.74, 6) is -0.144. The summed E-state index contributed by atoms with van der Waals surface area (Å²) in [5, 5.41) is 3.39. The first-order valence-electron chi connectivity index (χ1n) is 7.36. The molecule has 1 heterocycles. The first-order chi connectivity index (χ1) is 9.08. The van der Waals surface area contributed by atoms with Gasteiger partial charge < -0.3 is 10.2 Å². The van der Waals surface area contributed by atoms with Crippen LogP contribution in [0.15, 0.2) is 18.2 Å². The molecule has 19 heavy (non-hydrogen) atoms. The second-order valence-corrected chi connectivity index (χ2v) is 5.85. The number of nitrogens with one attached hydrogen (secondary N) is 1. The van der Waals surface area contributed by atoms with Crippen molar-refractivity contribution in [2.24, 2.45) is 0 Å². The summed E-state index contributed by atoms with van der Waals surface area (Å²) in [6.07, 6.45) is 3.77. The van der Waals surface area contributed by atoms with E-state index in [2.05, 4.69) is 31.0 Å². The number of hydrogen-bond acceptors (Lipinski definition) is 2. The van der Waals surface area contributed by atoms with Crippen molar-refractivity contribution in [3.63, 3.8) is 0 Å². The van der Waals surface area contributed by atoms with E-state index in [1.165, 1.54) is 24.9 Å². The molecule has 1 aromatic rings. The van der Waals surface area contributed by atoms with Crippen LogP contribution in [0, 0.1) is 5.82 Å². The van der Waals surface area contributed by atoms with Gasteiger partial charge >= 0.3 is 0 Å². The molecule has 0 radical (unpaired) electrons. The van der Waals surface area contributed by atoms with Crippen LogP contribution in [0.3, 0.4) is 0 Å². The van der Waals surface area contributed by atoms with Gasteiger partial charge in [-0.25, -0.2) is 4.39 Å². The van der Waals surface area contributed by atoms with Gasteiger partial charge in [-0.1, -0.05) is 13.8 Å². The topological polar surface area (TPSA) is 15.3 Å². The minimum absolute atomic E-state index is 0.144. The van der Waals surface area contributed by atoms with Gasteiger partial charge in [-0.15, -0.1) is 0 Å². The summed E-state index contributed by atoms with van der Waals surface area (Å²) in [4.78, 5) is 2.43. The van der Waals surface area contributed by atoms with Crippen LogP contribution >= 0.6 is 0 Å². The van der Waals surface area contributed by atoms with Gasteiger partial charge in [0.25, 0.3) is 0 Å². The Kier molecular flexibility index (Phi) is 4.81. The molecule has 0 saturated carbocycles. The smallest absolute Gasteiger partial charge is 0.123 e. The Morgan fingerprint density at radius 3 is 2.84 bits per heavy atom. The van der Waals surface area contributed by atoms with Crippen LogP contribution in [-0.4, -0.2) is 18.6 Å². The summed E-state index contributed by atoms with van der Waals surface area (Å²) in [6.45, 7) is 8.31. The molecule has 1 fully saturated rings. The Bertz CT molecular complexity index is 417. The molecule has 0 spiro atoms. The molecular weight excluding hydrogens is 239 g/mol. The molecule has 1 unspecified atom stereocenters. The Labute approximate surface area is 116 Å². The molecule has 1 aliphatic heterocycles. The maximum atomic E-state index is 13.5. The van der Waals surface area contributed by atoms with Gasteiger partial charge in [0.15, 0.2) is 0 Å². The summed E-state index contributed by atoms with van der Waals surface area (Å²) < 4.78 is 13.5. The van der Waals surface area contributed by atoms with E-state index in [-0.39, 0.29) is 5.82 Å². The van der Waals surface area contributed by atoms with E-state index in [1.807, 2.05) is 6.07 Å². The van der Waals surface area contributed by atoms with Crippen LogP contribution in [0.1, 0.15) is 45.6 Å². The Balaban J connectivity index is 2.22. The van der Waals surface area contributed by atoms with Crippen molar-refractivity contribution in [1.29, 1.82) is 0 Å². The third-order valence-corrected chi connectivity index (χ3v) is 3.85. The fourth-order valence-corrected chi connectivity index (χ4v) is 2.75. The van der Waals surface area contributed by atoms with Crippen LogP contribution in [0.4, 0.5) is 10.1 Å². The molecule has 0 bridgehead atoms. The van der Waals surface area contributed by atoms with Crippen LogP contribution in [0.5, 0.6) is 0 Å². The molecule has 3 heteroatoms. The second-order valence-electron chi connectivity index (χ2n) is 5.85. The highest BCUT2D eigenvalue weighted by molar-refractivity contribution is 5.55. The van der Waals surface area contributed by atoms with Crippen molar-refractivity contribution in [2.45, 2.75) is 58.7 Å². The van der Waals surface area contributed by atoms with Gasteiger partial charge in [0.1, 0.15) is 5.82 Å². The Morgan fingerprint density at radius 1 is 1.37 bits per heavy atom. The van der Waals surface area contributed by atoms with Crippen molar-refractivity contribution in [1.82, 2.24) is 5.32 Å². The molecule has 1 atom stereocenters. The van der Waals surface area contributed by atoms with Gasteiger partial charge in [-0.3, -0.25) is 0 Å². The summed E-state index contributed by atoms with van der Waals surface area (Å²) >= 11 is 0. The van der Waals surface area contributed by atoms with Crippen molar-refractivity contribution < 1.29 is 4.39 Å². The quantitative estimate of drug-likeness (QED) is 0.892. The minimum atomic E-state index is -0.144. The lowest BCUT2D eigenvalue weighted by molar-refractivity contribution is 0.481. The first kappa shape index (κ1) is 14.3. The predicted molar refractivity (Wildman–Crippen MR) is 79.0 cm³/mol. The van der Waals surface area contributed by atoms with Crippen molar-refractivity contribution in [3.8, 4) is 0 Å². The average Bonchev–Trinajstić information content (AvgIpc) is 2.37. The van der Waals surface area contributed by atoms with Crippen LogP contribution in [-0.2, 0) is 6.54 Å². The standard InChI is InChI=1S/C16H25FN2/c1-12(2)18-11-14-10-15(17)7-8-16(14)19-9-5-4-6-13(19)3/h7-8,10,12-13,18H,4-6,9,11H2,1-3H3. The monoisotopic (exact) mass is 264 g/mol. The second kappa shape index (κ2) is 6.38. The Morgan fingerprint density at radius 2 is 2.16 bits per heavy atom. The van der Waals surface area contributed by atoms with Gasteiger partial charge in [0.05, 0.1) is 0 Å². The van der Waals surface area contributed by atoms with Crippen molar-refractivity contribution >= 4 is 5.69 Å². The maximum Gasteiger partial charge on any atom is 0.123 e. The number of piperidine rings is 1. The molecule has 1 aromatic carbocycles. The summed E-state index contributed by atoms with van der Waals surface area (Å²) in [5.41, 5.74) is 2.27. The highest BCUT2D eigenvalue weighted by Gasteiger charge is 2.21. The van der Waals surface area contributed by atoms with E-state index in [1.54, 1.807) is 12.1 Å². The number of hydrogen-bond donors (Lipinski definition) is 1. The van der Waals surface area contributed by atoms with E-state index >= 15 is 0 Å². The molecule has 1 N–H and O–H groups in total. The summed E-state index contributed by atoms with van der Waals surface area (Å²) in [6, 6.07) is 6.16. The zero-order chi connectivity index (χ0) is 13.8. The molecule has 0 aromatic heterocycles. The third-order valence-electron chi connectivity index (χ3n) is 3.85. The van der Waals surface area contributed by atoms with E-state index < -0.39 is 0 Å². The number of benzene rings is 1. The maximum absolute atomic E-state index is 13.5. The Hall–Kier alpha value is -1.09. The van der Waals surface area contributed by atoms with Gasteiger partial charge in [0.2, 0.25) is 0 Å². The average molecular weight is 264 g/mol. The van der Waals surface area contributed by atoms with E-state index in [0.29, 0.717) is 12.1 Å². The molecule has 1 aliphatic rings. The first-order valence-corrected chi connectivity index (χ1v) is 7.36. The molecule has 1 saturated heterocycles. The number of rotatable bonds is 4. The molecule has 0 aliphatic carbocycles. The fourth-order valence-electron chi connectivity index (χ4n) is 2.75. The number of halogens is 1. The molecule has 106 valence electrons. The van der Waals surface area contributed by atoms with Crippen LogP contribution in [0.2, 0.25) is 0 Å². The highest BCUT2D eigenvalue weighted by Crippen LogP contribution is 2.28. The van der Waals surface area contributed by atoms with Crippen molar-refractivity contribution in [2.75, 3.05) is 11.4 Å². The third kappa shape index (κ3) is 3.69. The normalized spacial score (nSPS) is 20.1. The minimum Gasteiger partial charge on any atom is -0.369 e. The number of nitrogens with zero attached hydrogens (tertiary/aromatic N) is 1. The van der Waals surface area contributed by atoms with Gasteiger partial charge in [-0.2, -0.15) is 0 Å². The van der Waals surface area contributed by atoms with Crippen molar-refractivity contribution in [3.05, 3.63) is 29.6 Å². The van der Waals surface area contributed by atoms with E-state index in [4.69, 9.17) is 0 Å². The zero-order valence-electron chi connectivity index (χ0n) is 12.2. The lowest BCUT2D eigenvalue weighted by Gasteiger charge is -2.37. The van der Waals surface area contributed by atoms with Gasteiger partial charge in [-0.05, 0) is 49.9 Å².